The van der Waals surface area contributed by atoms with Gasteiger partial charge in [0.15, 0.2) is 0 Å². The predicted octanol–water partition coefficient (Wildman–Crippen LogP) is 4.62. The lowest BCUT2D eigenvalue weighted by Gasteiger charge is -2.08. The Morgan fingerprint density at radius 3 is 2.80 bits per heavy atom. The molecule has 0 heterocycles. The molecular formula is C17H23NOS. The fourth-order valence-corrected chi connectivity index (χ4v) is 3.25. The van der Waals surface area contributed by atoms with E-state index in [1.54, 1.807) is 0 Å². The third-order valence-electron chi connectivity index (χ3n) is 3.68. The Morgan fingerprint density at radius 1 is 1.25 bits per heavy atom. The highest BCUT2D eigenvalue weighted by atomic mass is 32.2. The van der Waals surface area contributed by atoms with E-state index in [9.17, 15) is 4.79 Å². The minimum Gasteiger partial charge on any atom is -0.296 e. The quantitative estimate of drug-likeness (QED) is 0.742. The number of hydrogen-bond acceptors (Lipinski definition) is 2. The van der Waals surface area contributed by atoms with E-state index in [-0.39, 0.29) is 5.91 Å². The summed E-state index contributed by atoms with van der Waals surface area (Å²) in [5.74, 6) is 0.957. The zero-order valence-corrected chi connectivity index (χ0v) is 13.0. The molecule has 3 heteroatoms. The molecule has 1 amide bonds. The number of benzene rings is 1. The van der Waals surface area contributed by atoms with Crippen LogP contribution in [0.1, 0.15) is 51.0 Å². The largest absolute Gasteiger partial charge is 0.296 e. The number of carbonyl (C=O) groups excluding carboxylic acids is 1. The van der Waals surface area contributed by atoms with Gasteiger partial charge in [0, 0.05) is 11.3 Å². The molecule has 20 heavy (non-hydrogen) atoms. The zero-order valence-electron chi connectivity index (χ0n) is 12.2. The number of allylic oxidation sites excluding steroid dienone is 1. The first kappa shape index (κ1) is 15.2. The topological polar surface area (TPSA) is 29.1 Å². The number of hydrogen-bond donors (Lipinski definition) is 1. The van der Waals surface area contributed by atoms with Crippen LogP contribution in [0.2, 0.25) is 0 Å². The molecule has 0 bridgehead atoms. The van der Waals surface area contributed by atoms with Crippen LogP contribution in [-0.4, -0.2) is 5.91 Å². The molecule has 0 aliphatic heterocycles. The van der Waals surface area contributed by atoms with E-state index in [1.807, 2.05) is 18.2 Å². The van der Waals surface area contributed by atoms with Crippen molar-refractivity contribution in [3.8, 4) is 0 Å². The van der Waals surface area contributed by atoms with E-state index in [1.165, 1.54) is 35.9 Å². The lowest BCUT2D eigenvalue weighted by Crippen LogP contribution is -2.18. The third kappa shape index (κ3) is 4.41. The molecule has 0 atom stereocenters. The van der Waals surface area contributed by atoms with Gasteiger partial charge >= 0.3 is 0 Å². The van der Waals surface area contributed by atoms with Gasteiger partial charge in [0.05, 0.1) is 0 Å². The second kappa shape index (κ2) is 8.15. The third-order valence-corrected chi connectivity index (χ3v) is 4.49. The summed E-state index contributed by atoms with van der Waals surface area (Å²) in [6, 6.07) is 10.2. The highest BCUT2D eigenvalue weighted by Crippen LogP contribution is 2.30. The molecule has 2 rings (SSSR count). The van der Waals surface area contributed by atoms with Gasteiger partial charge in [-0.05, 0) is 49.6 Å². The molecule has 0 fully saturated rings. The summed E-state index contributed by atoms with van der Waals surface area (Å²) in [5.41, 5.74) is 3.69. The van der Waals surface area contributed by atoms with E-state index < -0.39 is 0 Å². The molecule has 1 aromatic rings. The van der Waals surface area contributed by atoms with Crippen LogP contribution in [0.5, 0.6) is 0 Å². The molecule has 1 aromatic carbocycles. The molecule has 2 nitrogen and oxygen atoms in total. The maximum atomic E-state index is 12.2. The normalized spacial score (nSPS) is 14.7. The molecule has 0 spiro atoms. The number of unbranched alkanes of at least 4 members (excludes halogenated alkanes) is 1. The van der Waals surface area contributed by atoms with Crippen molar-refractivity contribution in [3.63, 3.8) is 0 Å². The van der Waals surface area contributed by atoms with Crippen molar-refractivity contribution in [2.45, 2.75) is 51.2 Å². The molecule has 1 aliphatic rings. The number of nitrogens with one attached hydrogen (secondary N) is 1. The Morgan fingerprint density at radius 2 is 2.05 bits per heavy atom. The van der Waals surface area contributed by atoms with Gasteiger partial charge in [-0.1, -0.05) is 49.2 Å². The van der Waals surface area contributed by atoms with Crippen LogP contribution in [0.3, 0.4) is 0 Å². The van der Waals surface area contributed by atoms with Gasteiger partial charge in [-0.15, -0.1) is 0 Å². The summed E-state index contributed by atoms with van der Waals surface area (Å²) < 4.78 is 3.00. The highest BCUT2D eigenvalue weighted by molar-refractivity contribution is 7.97. The van der Waals surface area contributed by atoms with Crippen molar-refractivity contribution in [1.29, 1.82) is 0 Å². The van der Waals surface area contributed by atoms with Crippen molar-refractivity contribution in [1.82, 2.24) is 4.72 Å². The molecule has 0 saturated heterocycles. The van der Waals surface area contributed by atoms with Crippen molar-refractivity contribution < 1.29 is 4.79 Å². The van der Waals surface area contributed by atoms with Gasteiger partial charge in [-0.25, -0.2) is 0 Å². The van der Waals surface area contributed by atoms with Crippen LogP contribution in [-0.2, 0) is 10.5 Å². The van der Waals surface area contributed by atoms with Gasteiger partial charge < -0.3 is 0 Å². The van der Waals surface area contributed by atoms with Crippen LogP contribution in [0.25, 0.3) is 0 Å². The minimum absolute atomic E-state index is 0.134. The van der Waals surface area contributed by atoms with E-state index in [4.69, 9.17) is 0 Å². The van der Waals surface area contributed by atoms with E-state index in [0.29, 0.717) is 0 Å². The van der Waals surface area contributed by atoms with Crippen molar-refractivity contribution in [3.05, 3.63) is 47.0 Å². The molecule has 0 unspecified atom stereocenters. The molecule has 0 aromatic heterocycles. The second-order valence-corrected chi connectivity index (χ2v) is 6.03. The molecular weight excluding hydrogens is 266 g/mol. The summed E-state index contributed by atoms with van der Waals surface area (Å²) in [6.45, 7) is 2.20. The standard InChI is InChI=1S/C17H23NOS/c1-2-3-10-15-11-7-12-16(15)17(19)18-20-13-14-8-5-4-6-9-14/h4-6,8-9H,2-3,7,10-13H2,1H3,(H,18,19). The Hall–Kier alpha value is -1.22. The predicted molar refractivity (Wildman–Crippen MR) is 86.3 cm³/mol. The van der Waals surface area contributed by atoms with Crippen LogP contribution in [0.4, 0.5) is 0 Å². The fourth-order valence-electron chi connectivity index (χ4n) is 2.57. The monoisotopic (exact) mass is 289 g/mol. The lowest BCUT2D eigenvalue weighted by molar-refractivity contribution is -0.115. The molecule has 1 aliphatic carbocycles. The van der Waals surface area contributed by atoms with E-state index in [2.05, 4.69) is 23.8 Å². The Bertz CT molecular complexity index is 467. The van der Waals surface area contributed by atoms with Gasteiger partial charge in [0.1, 0.15) is 0 Å². The zero-order chi connectivity index (χ0) is 14.2. The molecule has 1 N–H and O–H groups in total. The number of rotatable bonds is 7. The minimum atomic E-state index is 0.134. The van der Waals surface area contributed by atoms with Crippen LogP contribution in [0, 0.1) is 0 Å². The Labute approximate surface area is 126 Å². The fraction of sp³-hybridized carbons (Fsp3) is 0.471. The summed E-state index contributed by atoms with van der Waals surface area (Å²) >= 11 is 1.49. The van der Waals surface area contributed by atoms with Crippen LogP contribution < -0.4 is 4.72 Å². The van der Waals surface area contributed by atoms with Gasteiger partial charge in [-0.3, -0.25) is 9.52 Å². The van der Waals surface area contributed by atoms with Crippen LogP contribution >= 0.6 is 11.9 Å². The Balaban J connectivity index is 1.82. The van der Waals surface area contributed by atoms with E-state index >= 15 is 0 Å². The SMILES string of the molecule is CCCCC1=C(C(=O)NSCc2ccccc2)CCC1. The first-order valence-electron chi connectivity index (χ1n) is 7.48. The van der Waals surface area contributed by atoms with Crippen molar-refractivity contribution in [2.24, 2.45) is 0 Å². The smallest absolute Gasteiger partial charge is 0.256 e. The Kier molecular flexibility index (Phi) is 6.19. The first-order valence-corrected chi connectivity index (χ1v) is 8.46. The molecule has 0 saturated carbocycles. The summed E-state index contributed by atoms with van der Waals surface area (Å²) in [5, 5.41) is 0. The summed E-state index contributed by atoms with van der Waals surface area (Å²) in [7, 11) is 0. The van der Waals surface area contributed by atoms with Crippen molar-refractivity contribution >= 4 is 17.9 Å². The summed E-state index contributed by atoms with van der Waals surface area (Å²) in [6.07, 6.45) is 6.71. The molecule has 108 valence electrons. The van der Waals surface area contributed by atoms with Crippen molar-refractivity contribution in [2.75, 3.05) is 0 Å². The number of amides is 1. The summed E-state index contributed by atoms with van der Waals surface area (Å²) in [4.78, 5) is 12.2. The lowest BCUT2D eigenvalue weighted by atomic mass is 10.0. The highest BCUT2D eigenvalue weighted by Gasteiger charge is 2.20. The second-order valence-electron chi connectivity index (χ2n) is 5.24. The van der Waals surface area contributed by atoms with Gasteiger partial charge in [0.2, 0.25) is 0 Å². The van der Waals surface area contributed by atoms with Crippen LogP contribution in [0.15, 0.2) is 41.5 Å². The first-order chi connectivity index (χ1) is 9.81. The maximum Gasteiger partial charge on any atom is 0.256 e. The van der Waals surface area contributed by atoms with Gasteiger partial charge in [0.25, 0.3) is 5.91 Å². The van der Waals surface area contributed by atoms with Gasteiger partial charge in [-0.2, -0.15) is 0 Å². The molecule has 0 radical (unpaired) electrons. The number of carbonyl (C=O) groups is 1. The average molecular weight is 289 g/mol. The average Bonchev–Trinajstić information content (AvgIpc) is 2.94. The van der Waals surface area contributed by atoms with E-state index in [0.717, 1.165) is 37.0 Å². The maximum absolute atomic E-state index is 12.2.